The van der Waals surface area contributed by atoms with Crippen LogP contribution in [0.3, 0.4) is 0 Å². The fraction of sp³-hybridized carbons (Fsp3) is 0.231. The van der Waals surface area contributed by atoms with E-state index in [1.807, 2.05) is 24.3 Å². The van der Waals surface area contributed by atoms with Crippen molar-refractivity contribution in [2.45, 2.75) is 6.10 Å². The molecule has 0 saturated carbocycles. The molecule has 0 spiro atoms. The van der Waals surface area contributed by atoms with Gasteiger partial charge in [0, 0.05) is 16.5 Å². The van der Waals surface area contributed by atoms with Gasteiger partial charge in [-0.05, 0) is 12.1 Å². The summed E-state index contributed by atoms with van der Waals surface area (Å²) < 4.78 is 5.46. The molecule has 4 heteroatoms. The molecule has 0 aliphatic rings. The summed E-state index contributed by atoms with van der Waals surface area (Å²) in [7, 11) is 0. The van der Waals surface area contributed by atoms with Gasteiger partial charge in [0.05, 0.1) is 6.61 Å². The molecule has 90 valence electrons. The Hall–Kier alpha value is -1.78. The Kier molecular flexibility index (Phi) is 3.46. The number of aliphatic hydroxyl groups excluding tert-OH is 2. The molecule has 0 saturated heterocycles. The molecule has 1 atom stereocenters. The van der Waals surface area contributed by atoms with Crippen molar-refractivity contribution in [3.63, 3.8) is 0 Å². The first kappa shape index (κ1) is 11.7. The number of anilines is 1. The molecule has 1 unspecified atom stereocenters. The zero-order valence-electron chi connectivity index (χ0n) is 9.34. The van der Waals surface area contributed by atoms with E-state index in [1.54, 1.807) is 12.1 Å². The van der Waals surface area contributed by atoms with Crippen molar-refractivity contribution in [3.05, 3.63) is 36.4 Å². The van der Waals surface area contributed by atoms with Crippen molar-refractivity contribution in [3.8, 4) is 5.75 Å². The van der Waals surface area contributed by atoms with Gasteiger partial charge in [-0.3, -0.25) is 0 Å². The molecule has 0 aliphatic carbocycles. The molecule has 0 aliphatic heterocycles. The molecular weight excluding hydrogens is 218 g/mol. The van der Waals surface area contributed by atoms with E-state index in [0.717, 1.165) is 10.8 Å². The fourth-order valence-electron chi connectivity index (χ4n) is 1.66. The van der Waals surface area contributed by atoms with Crippen molar-refractivity contribution in [1.29, 1.82) is 0 Å². The first-order chi connectivity index (χ1) is 8.22. The average Bonchev–Trinajstić information content (AvgIpc) is 2.38. The number of benzene rings is 2. The number of fused-ring (bicyclic) bond motifs is 1. The maximum Gasteiger partial charge on any atom is 0.127 e. The number of hydrogen-bond donors (Lipinski definition) is 3. The Morgan fingerprint density at radius 2 is 1.82 bits per heavy atom. The Morgan fingerprint density at radius 1 is 1.12 bits per heavy atom. The lowest BCUT2D eigenvalue weighted by atomic mass is 10.1. The maximum atomic E-state index is 9.25. The second-order valence-corrected chi connectivity index (χ2v) is 3.85. The van der Waals surface area contributed by atoms with Crippen LogP contribution in [-0.4, -0.2) is 29.5 Å². The van der Waals surface area contributed by atoms with E-state index in [-0.39, 0.29) is 13.2 Å². The van der Waals surface area contributed by atoms with Gasteiger partial charge in [-0.2, -0.15) is 0 Å². The molecule has 17 heavy (non-hydrogen) atoms. The van der Waals surface area contributed by atoms with Gasteiger partial charge in [0.15, 0.2) is 0 Å². The summed E-state index contributed by atoms with van der Waals surface area (Å²) in [6.07, 6.45) is -0.869. The highest BCUT2D eigenvalue weighted by atomic mass is 16.5. The smallest absolute Gasteiger partial charge is 0.127 e. The molecule has 0 aromatic heterocycles. The summed E-state index contributed by atoms with van der Waals surface area (Å²) >= 11 is 0. The largest absolute Gasteiger partial charge is 0.490 e. The van der Waals surface area contributed by atoms with Crippen LogP contribution < -0.4 is 10.5 Å². The van der Waals surface area contributed by atoms with Crippen LogP contribution in [0.4, 0.5) is 5.69 Å². The van der Waals surface area contributed by atoms with Crippen molar-refractivity contribution >= 4 is 16.5 Å². The first-order valence-electron chi connectivity index (χ1n) is 5.41. The molecule has 0 radical (unpaired) electrons. The number of nitrogen functional groups attached to an aromatic ring is 1. The zero-order valence-corrected chi connectivity index (χ0v) is 9.34. The predicted molar refractivity (Wildman–Crippen MR) is 66.9 cm³/mol. The minimum atomic E-state index is -0.869. The van der Waals surface area contributed by atoms with E-state index in [4.69, 9.17) is 15.6 Å². The van der Waals surface area contributed by atoms with Crippen molar-refractivity contribution < 1.29 is 14.9 Å². The van der Waals surface area contributed by atoms with E-state index in [0.29, 0.717) is 11.4 Å². The molecule has 2 rings (SSSR count). The summed E-state index contributed by atoms with van der Waals surface area (Å²) in [6.45, 7) is -0.253. The lowest BCUT2D eigenvalue weighted by Crippen LogP contribution is -2.21. The van der Waals surface area contributed by atoms with E-state index >= 15 is 0 Å². The number of ether oxygens (including phenoxy) is 1. The molecule has 0 bridgehead atoms. The number of rotatable bonds is 4. The molecule has 0 heterocycles. The highest BCUT2D eigenvalue weighted by Gasteiger charge is 2.07. The third-order valence-corrected chi connectivity index (χ3v) is 2.56. The number of nitrogens with two attached hydrogens (primary N) is 1. The predicted octanol–water partition coefficient (Wildman–Crippen LogP) is 1.15. The molecule has 0 fully saturated rings. The van der Waals surface area contributed by atoms with Crippen LogP contribution in [0.25, 0.3) is 10.8 Å². The van der Waals surface area contributed by atoms with Crippen LogP contribution in [0.5, 0.6) is 5.75 Å². The molecule has 4 nitrogen and oxygen atoms in total. The van der Waals surface area contributed by atoms with Gasteiger partial charge in [0.2, 0.25) is 0 Å². The third kappa shape index (κ3) is 2.49. The monoisotopic (exact) mass is 233 g/mol. The van der Waals surface area contributed by atoms with Crippen LogP contribution >= 0.6 is 0 Å². The van der Waals surface area contributed by atoms with Gasteiger partial charge in [-0.1, -0.05) is 24.3 Å². The molecule has 0 amide bonds. The summed E-state index contributed by atoms with van der Waals surface area (Å²) in [6, 6.07) is 11.2. The quantitative estimate of drug-likeness (QED) is 0.692. The molecular formula is C13H15NO3. The van der Waals surface area contributed by atoms with Crippen LogP contribution in [-0.2, 0) is 0 Å². The van der Waals surface area contributed by atoms with Crippen molar-refractivity contribution in [2.75, 3.05) is 18.9 Å². The minimum absolute atomic E-state index is 0.0599. The van der Waals surface area contributed by atoms with Gasteiger partial charge in [-0.25, -0.2) is 0 Å². The van der Waals surface area contributed by atoms with E-state index < -0.39 is 6.10 Å². The Balaban J connectivity index is 2.32. The van der Waals surface area contributed by atoms with Gasteiger partial charge in [-0.15, -0.1) is 0 Å². The van der Waals surface area contributed by atoms with Crippen molar-refractivity contribution in [2.24, 2.45) is 0 Å². The summed E-state index contributed by atoms with van der Waals surface area (Å²) in [5.74, 6) is 0.655. The standard InChI is InChI=1S/C13H15NO3/c14-12-5-6-13(17-8-9(16)7-15)11-4-2-1-3-10(11)12/h1-6,9,15-16H,7-8,14H2. The highest BCUT2D eigenvalue weighted by Crippen LogP contribution is 2.29. The first-order valence-corrected chi connectivity index (χ1v) is 5.41. The second kappa shape index (κ2) is 5.03. The lowest BCUT2D eigenvalue weighted by molar-refractivity contribution is 0.0541. The van der Waals surface area contributed by atoms with Crippen LogP contribution in [0.2, 0.25) is 0 Å². The lowest BCUT2D eigenvalue weighted by Gasteiger charge is -2.12. The molecule has 4 N–H and O–H groups in total. The van der Waals surface area contributed by atoms with E-state index in [9.17, 15) is 5.11 Å². The van der Waals surface area contributed by atoms with Crippen molar-refractivity contribution in [1.82, 2.24) is 0 Å². The van der Waals surface area contributed by atoms with E-state index in [2.05, 4.69) is 0 Å². The van der Waals surface area contributed by atoms with Gasteiger partial charge in [0.1, 0.15) is 18.5 Å². The average molecular weight is 233 g/mol. The number of aliphatic hydroxyl groups is 2. The third-order valence-electron chi connectivity index (χ3n) is 2.56. The van der Waals surface area contributed by atoms with E-state index in [1.165, 1.54) is 0 Å². The van der Waals surface area contributed by atoms with Crippen LogP contribution in [0.1, 0.15) is 0 Å². The van der Waals surface area contributed by atoms with Gasteiger partial charge in [0.25, 0.3) is 0 Å². The number of hydrogen-bond acceptors (Lipinski definition) is 4. The molecule has 2 aromatic carbocycles. The maximum absolute atomic E-state index is 9.25. The Labute approximate surface area is 99.2 Å². The SMILES string of the molecule is Nc1ccc(OCC(O)CO)c2ccccc12. The summed E-state index contributed by atoms with van der Waals surface area (Å²) in [5.41, 5.74) is 6.55. The fourth-order valence-corrected chi connectivity index (χ4v) is 1.66. The Morgan fingerprint density at radius 3 is 2.53 bits per heavy atom. The van der Waals surface area contributed by atoms with Crippen LogP contribution in [0.15, 0.2) is 36.4 Å². The summed E-state index contributed by atoms with van der Waals surface area (Å²) in [4.78, 5) is 0. The highest BCUT2D eigenvalue weighted by molar-refractivity contribution is 5.96. The topological polar surface area (TPSA) is 75.7 Å². The second-order valence-electron chi connectivity index (χ2n) is 3.85. The normalized spacial score (nSPS) is 12.6. The van der Waals surface area contributed by atoms with Gasteiger partial charge < -0.3 is 20.7 Å². The minimum Gasteiger partial charge on any atom is -0.490 e. The Bertz CT molecular complexity index is 513. The van der Waals surface area contributed by atoms with Gasteiger partial charge >= 0.3 is 0 Å². The van der Waals surface area contributed by atoms with Crippen LogP contribution in [0, 0.1) is 0 Å². The zero-order chi connectivity index (χ0) is 12.3. The molecule has 2 aromatic rings. The summed E-state index contributed by atoms with van der Waals surface area (Å²) in [5, 5.41) is 19.8.